The van der Waals surface area contributed by atoms with E-state index in [1.165, 1.54) is 0 Å². The van der Waals surface area contributed by atoms with Crippen LogP contribution >= 0.6 is 11.6 Å². The fourth-order valence-corrected chi connectivity index (χ4v) is 4.20. The van der Waals surface area contributed by atoms with Crippen LogP contribution in [0.5, 0.6) is 5.75 Å². The van der Waals surface area contributed by atoms with Crippen LogP contribution in [-0.4, -0.2) is 40.1 Å². The molecule has 0 fully saturated rings. The summed E-state index contributed by atoms with van der Waals surface area (Å²) in [6.45, 7) is 6.71. The highest BCUT2D eigenvalue weighted by atomic mass is 35.5. The number of hydrogen-bond acceptors (Lipinski definition) is 4. The van der Waals surface area contributed by atoms with Crippen molar-refractivity contribution in [2.24, 2.45) is 0 Å². The molecule has 2 aromatic carbocycles. The Morgan fingerprint density at radius 2 is 1.79 bits per heavy atom. The van der Waals surface area contributed by atoms with Crippen LogP contribution in [0, 0.1) is 0 Å². The van der Waals surface area contributed by atoms with Gasteiger partial charge in [-0.2, -0.15) is 0 Å². The van der Waals surface area contributed by atoms with Gasteiger partial charge in [0.15, 0.2) is 0 Å². The number of nitrogens with zero attached hydrogens (tertiary/aromatic N) is 1. The number of benzene rings is 2. The minimum Gasteiger partial charge on any atom is -0.493 e. The maximum absolute atomic E-state index is 12.2. The van der Waals surface area contributed by atoms with Crippen LogP contribution in [0.2, 0.25) is 5.02 Å². The van der Waals surface area contributed by atoms with E-state index in [2.05, 4.69) is 23.6 Å². The maximum atomic E-state index is 12.2. The van der Waals surface area contributed by atoms with E-state index < -0.39 is 10.0 Å². The van der Waals surface area contributed by atoms with E-state index in [1.54, 1.807) is 12.1 Å². The highest BCUT2D eigenvalue weighted by molar-refractivity contribution is 7.89. The molecule has 0 saturated heterocycles. The molecular weight excluding hydrogens is 408 g/mol. The van der Waals surface area contributed by atoms with Crippen molar-refractivity contribution in [1.29, 1.82) is 0 Å². The van der Waals surface area contributed by atoms with E-state index in [0.717, 1.165) is 49.2 Å². The molecule has 0 aliphatic heterocycles. The molecule has 2 rings (SSSR count). The average Bonchev–Trinajstić information content (AvgIpc) is 2.70. The topological polar surface area (TPSA) is 58.6 Å². The Labute approximate surface area is 180 Å². The van der Waals surface area contributed by atoms with Crippen LogP contribution in [0.25, 0.3) is 0 Å². The molecule has 2 aromatic rings. The van der Waals surface area contributed by atoms with Gasteiger partial charge in [-0.3, -0.25) is 0 Å². The summed E-state index contributed by atoms with van der Waals surface area (Å²) in [6, 6.07) is 12.8. The van der Waals surface area contributed by atoms with Crippen molar-refractivity contribution in [3.63, 3.8) is 0 Å². The van der Waals surface area contributed by atoms with Crippen molar-refractivity contribution < 1.29 is 13.2 Å². The second-order valence-corrected chi connectivity index (χ2v) is 9.33. The van der Waals surface area contributed by atoms with Gasteiger partial charge >= 0.3 is 0 Å². The van der Waals surface area contributed by atoms with E-state index >= 15 is 0 Å². The van der Waals surface area contributed by atoms with Gasteiger partial charge in [-0.05, 0) is 62.2 Å². The summed E-state index contributed by atoms with van der Waals surface area (Å²) in [4.78, 5) is 2.51. The molecule has 0 spiro atoms. The summed E-state index contributed by atoms with van der Waals surface area (Å²) >= 11 is 6.16. The molecular formula is C22H31ClN2O3S. The largest absolute Gasteiger partial charge is 0.493 e. The Kier molecular flexibility index (Phi) is 9.43. The number of likely N-dealkylation sites (N-methyl/N-ethyl adjacent to an activating group) is 1. The van der Waals surface area contributed by atoms with Crippen molar-refractivity contribution in [3.8, 4) is 5.75 Å². The third-order valence-electron chi connectivity index (χ3n) is 4.48. The lowest BCUT2D eigenvalue weighted by atomic mass is 10.1. The minimum atomic E-state index is -3.41. The zero-order valence-corrected chi connectivity index (χ0v) is 19.0. The summed E-state index contributed by atoms with van der Waals surface area (Å²) < 4.78 is 32.7. The second kappa shape index (κ2) is 11.6. The Morgan fingerprint density at radius 1 is 1.07 bits per heavy atom. The first kappa shape index (κ1) is 23.7. The summed E-state index contributed by atoms with van der Waals surface area (Å²) in [5, 5.41) is 0.700. The lowest BCUT2D eigenvalue weighted by molar-refractivity contribution is 0.294. The predicted octanol–water partition coefficient (Wildman–Crippen LogP) is 4.49. The Bertz CT molecular complexity index is 870. The highest BCUT2D eigenvalue weighted by Gasteiger charge is 2.13. The monoisotopic (exact) mass is 438 g/mol. The first-order valence-electron chi connectivity index (χ1n) is 10.0. The first-order chi connectivity index (χ1) is 13.9. The van der Waals surface area contributed by atoms with E-state index in [-0.39, 0.29) is 0 Å². The lowest BCUT2D eigenvalue weighted by Crippen LogP contribution is -2.24. The standard InChI is InChI=1S/C22H31ClN2O3S/c1-4-13-24-29(26,27)21-9-6-18(7-10-21)12-14-25(3)17-19-16-20(23)8-11-22(19)28-15-5-2/h6-11,16,24H,4-5,12-15,17H2,1-3H3. The molecule has 0 heterocycles. The molecule has 7 heteroatoms. The predicted molar refractivity (Wildman–Crippen MR) is 119 cm³/mol. The van der Waals surface area contributed by atoms with E-state index in [4.69, 9.17) is 16.3 Å². The van der Waals surface area contributed by atoms with E-state index in [9.17, 15) is 8.42 Å². The van der Waals surface area contributed by atoms with Gasteiger partial charge in [0.05, 0.1) is 11.5 Å². The summed E-state index contributed by atoms with van der Waals surface area (Å²) in [6.07, 6.45) is 2.55. The molecule has 0 radical (unpaired) electrons. The molecule has 0 aliphatic rings. The molecule has 0 saturated carbocycles. The molecule has 29 heavy (non-hydrogen) atoms. The van der Waals surface area contributed by atoms with Crippen molar-refractivity contribution >= 4 is 21.6 Å². The number of sulfonamides is 1. The average molecular weight is 439 g/mol. The third-order valence-corrected chi connectivity index (χ3v) is 6.19. The fraction of sp³-hybridized carbons (Fsp3) is 0.455. The normalized spacial score (nSPS) is 11.8. The van der Waals surface area contributed by atoms with Gasteiger partial charge in [0, 0.05) is 30.2 Å². The van der Waals surface area contributed by atoms with Gasteiger partial charge in [-0.25, -0.2) is 13.1 Å². The van der Waals surface area contributed by atoms with Gasteiger partial charge in [-0.1, -0.05) is 37.6 Å². The van der Waals surface area contributed by atoms with E-state index in [0.29, 0.717) is 23.1 Å². The molecule has 0 unspecified atom stereocenters. The van der Waals surface area contributed by atoms with Crippen LogP contribution in [0.15, 0.2) is 47.4 Å². The van der Waals surface area contributed by atoms with Crippen LogP contribution < -0.4 is 9.46 Å². The molecule has 160 valence electrons. The van der Waals surface area contributed by atoms with Crippen LogP contribution in [0.3, 0.4) is 0 Å². The SMILES string of the molecule is CCCNS(=O)(=O)c1ccc(CCN(C)Cc2cc(Cl)ccc2OCCC)cc1. The summed E-state index contributed by atoms with van der Waals surface area (Å²) in [5.74, 6) is 0.872. The maximum Gasteiger partial charge on any atom is 0.240 e. The number of nitrogens with one attached hydrogen (secondary N) is 1. The smallest absolute Gasteiger partial charge is 0.240 e. The first-order valence-corrected chi connectivity index (χ1v) is 11.9. The van der Waals surface area contributed by atoms with Gasteiger partial charge in [-0.15, -0.1) is 0 Å². The zero-order chi connectivity index (χ0) is 21.3. The van der Waals surface area contributed by atoms with Gasteiger partial charge in [0.2, 0.25) is 10.0 Å². The Balaban J connectivity index is 1.94. The molecule has 0 atom stereocenters. The molecule has 0 bridgehead atoms. The third kappa shape index (κ3) is 7.63. The summed E-state index contributed by atoms with van der Waals surface area (Å²) in [7, 11) is -1.36. The Morgan fingerprint density at radius 3 is 2.45 bits per heavy atom. The zero-order valence-electron chi connectivity index (χ0n) is 17.4. The molecule has 0 aliphatic carbocycles. The number of hydrogen-bond donors (Lipinski definition) is 1. The summed E-state index contributed by atoms with van der Waals surface area (Å²) in [5.41, 5.74) is 2.16. The van der Waals surface area contributed by atoms with Gasteiger partial charge in [0.25, 0.3) is 0 Å². The quantitative estimate of drug-likeness (QED) is 0.530. The molecule has 0 amide bonds. The van der Waals surface area contributed by atoms with Gasteiger partial charge < -0.3 is 9.64 Å². The molecule has 5 nitrogen and oxygen atoms in total. The van der Waals surface area contributed by atoms with Crippen molar-refractivity contribution in [3.05, 3.63) is 58.6 Å². The minimum absolute atomic E-state index is 0.305. The van der Waals surface area contributed by atoms with Crippen LogP contribution in [0.4, 0.5) is 0 Å². The number of rotatable bonds is 12. The lowest BCUT2D eigenvalue weighted by Gasteiger charge is -2.19. The van der Waals surface area contributed by atoms with Crippen molar-refractivity contribution in [2.75, 3.05) is 26.7 Å². The van der Waals surface area contributed by atoms with Crippen molar-refractivity contribution in [2.45, 2.75) is 44.6 Å². The second-order valence-electron chi connectivity index (χ2n) is 7.13. The van der Waals surface area contributed by atoms with Crippen LogP contribution in [-0.2, 0) is 23.0 Å². The number of ether oxygens (including phenoxy) is 1. The van der Waals surface area contributed by atoms with Crippen LogP contribution in [0.1, 0.15) is 37.8 Å². The highest BCUT2D eigenvalue weighted by Crippen LogP contribution is 2.24. The Hall–Kier alpha value is -1.60. The molecule has 0 aromatic heterocycles. The fourth-order valence-electron chi connectivity index (χ4n) is 2.87. The van der Waals surface area contributed by atoms with Crippen molar-refractivity contribution in [1.82, 2.24) is 9.62 Å². The molecule has 1 N–H and O–H groups in total. The van der Waals surface area contributed by atoms with E-state index in [1.807, 2.05) is 37.3 Å². The number of halogens is 1. The van der Waals surface area contributed by atoms with Gasteiger partial charge in [0.1, 0.15) is 5.75 Å².